The van der Waals surface area contributed by atoms with Crippen molar-refractivity contribution in [3.05, 3.63) is 42.5 Å². The lowest BCUT2D eigenvalue weighted by Gasteiger charge is -2.15. The zero-order valence-electron chi connectivity index (χ0n) is 10.2. The van der Waals surface area contributed by atoms with Gasteiger partial charge < -0.3 is 10.5 Å². The van der Waals surface area contributed by atoms with Gasteiger partial charge in [0.1, 0.15) is 5.75 Å². The number of ether oxygens (including phenoxy) is 1. The van der Waals surface area contributed by atoms with Crippen molar-refractivity contribution in [1.82, 2.24) is 0 Å². The van der Waals surface area contributed by atoms with Gasteiger partial charge in [-0.15, -0.1) is 0 Å². The summed E-state index contributed by atoms with van der Waals surface area (Å²) in [5.74, 6) is 0.965. The van der Waals surface area contributed by atoms with Gasteiger partial charge in [0.2, 0.25) is 0 Å². The summed E-state index contributed by atoms with van der Waals surface area (Å²) in [6.45, 7) is 2.82. The fourth-order valence-corrected chi connectivity index (χ4v) is 1.98. The Morgan fingerprint density at radius 3 is 2.71 bits per heavy atom. The van der Waals surface area contributed by atoms with E-state index < -0.39 is 0 Å². The van der Waals surface area contributed by atoms with Gasteiger partial charge in [-0.1, -0.05) is 36.4 Å². The normalized spacial score (nSPS) is 12.6. The summed E-state index contributed by atoms with van der Waals surface area (Å²) in [4.78, 5) is 0. The highest BCUT2D eigenvalue weighted by molar-refractivity contribution is 5.88. The number of hydrogen-bond donors (Lipinski definition) is 1. The predicted molar refractivity (Wildman–Crippen MR) is 72.3 cm³/mol. The fraction of sp³-hybridized carbons (Fsp3) is 0.333. The van der Waals surface area contributed by atoms with Crippen molar-refractivity contribution < 1.29 is 4.74 Å². The fourth-order valence-electron chi connectivity index (χ4n) is 1.98. The Morgan fingerprint density at radius 2 is 1.88 bits per heavy atom. The topological polar surface area (TPSA) is 35.2 Å². The molecule has 2 nitrogen and oxygen atoms in total. The van der Waals surface area contributed by atoms with Gasteiger partial charge in [0.05, 0.1) is 6.10 Å². The van der Waals surface area contributed by atoms with Crippen LogP contribution in [-0.2, 0) is 0 Å². The van der Waals surface area contributed by atoms with Crippen molar-refractivity contribution in [2.45, 2.75) is 25.9 Å². The molecule has 0 amide bonds. The Hall–Kier alpha value is -1.54. The van der Waals surface area contributed by atoms with E-state index in [2.05, 4.69) is 25.1 Å². The summed E-state index contributed by atoms with van der Waals surface area (Å²) >= 11 is 0. The number of nitrogens with two attached hydrogens (primary N) is 1. The minimum atomic E-state index is 0.212. The molecular formula is C15H19NO. The first-order valence-electron chi connectivity index (χ1n) is 6.16. The van der Waals surface area contributed by atoms with Crippen molar-refractivity contribution >= 4 is 10.8 Å². The van der Waals surface area contributed by atoms with Crippen LogP contribution in [0.3, 0.4) is 0 Å². The quantitative estimate of drug-likeness (QED) is 0.853. The Morgan fingerprint density at radius 1 is 1.12 bits per heavy atom. The average molecular weight is 229 g/mol. The molecule has 0 saturated carbocycles. The van der Waals surface area contributed by atoms with E-state index in [0.717, 1.165) is 25.1 Å². The minimum absolute atomic E-state index is 0.212. The van der Waals surface area contributed by atoms with E-state index in [1.165, 1.54) is 10.8 Å². The molecule has 0 aliphatic heterocycles. The molecule has 0 aliphatic carbocycles. The molecule has 2 N–H and O–H groups in total. The van der Waals surface area contributed by atoms with Gasteiger partial charge in [-0.05, 0) is 37.8 Å². The zero-order chi connectivity index (χ0) is 12.1. The summed E-state index contributed by atoms with van der Waals surface area (Å²) in [5, 5.41) is 2.39. The standard InChI is InChI=1S/C15H19NO/c1-12(6-5-11-16)17-15-10-4-8-13-7-2-3-9-14(13)15/h2-4,7-10,12H,5-6,11,16H2,1H3. The van der Waals surface area contributed by atoms with Crippen molar-refractivity contribution in [3.63, 3.8) is 0 Å². The molecule has 2 heteroatoms. The second-order valence-corrected chi connectivity index (χ2v) is 4.34. The average Bonchev–Trinajstić information content (AvgIpc) is 2.37. The number of hydrogen-bond acceptors (Lipinski definition) is 2. The van der Waals surface area contributed by atoms with Gasteiger partial charge in [0.25, 0.3) is 0 Å². The molecule has 0 heterocycles. The maximum atomic E-state index is 5.97. The van der Waals surface area contributed by atoms with Crippen molar-refractivity contribution in [1.29, 1.82) is 0 Å². The van der Waals surface area contributed by atoms with Crippen LogP contribution in [0.2, 0.25) is 0 Å². The van der Waals surface area contributed by atoms with Crippen LogP contribution in [0.1, 0.15) is 19.8 Å². The summed E-state index contributed by atoms with van der Waals surface area (Å²) in [6.07, 6.45) is 2.22. The van der Waals surface area contributed by atoms with E-state index in [4.69, 9.17) is 10.5 Å². The van der Waals surface area contributed by atoms with Crippen LogP contribution in [0, 0.1) is 0 Å². The molecule has 0 saturated heterocycles. The van der Waals surface area contributed by atoms with Crippen LogP contribution in [0.15, 0.2) is 42.5 Å². The van der Waals surface area contributed by atoms with E-state index >= 15 is 0 Å². The number of rotatable bonds is 5. The van der Waals surface area contributed by atoms with Crippen LogP contribution in [-0.4, -0.2) is 12.6 Å². The molecule has 0 bridgehead atoms. The van der Waals surface area contributed by atoms with E-state index in [1.807, 2.05) is 24.3 Å². The zero-order valence-corrected chi connectivity index (χ0v) is 10.2. The molecule has 0 radical (unpaired) electrons. The van der Waals surface area contributed by atoms with Gasteiger partial charge in [0, 0.05) is 5.39 Å². The molecule has 2 aromatic rings. The first-order valence-corrected chi connectivity index (χ1v) is 6.16. The molecule has 2 aromatic carbocycles. The molecule has 0 fully saturated rings. The van der Waals surface area contributed by atoms with Crippen molar-refractivity contribution in [2.24, 2.45) is 5.73 Å². The molecule has 0 spiro atoms. The monoisotopic (exact) mass is 229 g/mol. The maximum Gasteiger partial charge on any atom is 0.127 e. The first-order chi connectivity index (χ1) is 8.31. The maximum absolute atomic E-state index is 5.97. The van der Waals surface area contributed by atoms with Crippen LogP contribution < -0.4 is 10.5 Å². The molecule has 90 valence electrons. The third-order valence-corrected chi connectivity index (χ3v) is 2.89. The van der Waals surface area contributed by atoms with E-state index in [-0.39, 0.29) is 6.10 Å². The van der Waals surface area contributed by atoms with Gasteiger partial charge in [-0.2, -0.15) is 0 Å². The molecule has 0 aliphatic rings. The smallest absolute Gasteiger partial charge is 0.127 e. The van der Waals surface area contributed by atoms with Crippen LogP contribution in [0.5, 0.6) is 5.75 Å². The van der Waals surface area contributed by atoms with E-state index in [9.17, 15) is 0 Å². The third-order valence-electron chi connectivity index (χ3n) is 2.89. The highest BCUT2D eigenvalue weighted by Crippen LogP contribution is 2.26. The van der Waals surface area contributed by atoms with E-state index in [1.54, 1.807) is 0 Å². The summed E-state index contributed by atoms with van der Waals surface area (Å²) in [7, 11) is 0. The molecule has 1 unspecified atom stereocenters. The van der Waals surface area contributed by atoms with Gasteiger partial charge in [-0.25, -0.2) is 0 Å². The van der Waals surface area contributed by atoms with Crippen LogP contribution >= 0.6 is 0 Å². The Balaban J connectivity index is 2.18. The second kappa shape index (κ2) is 5.69. The lowest BCUT2D eigenvalue weighted by atomic mass is 10.1. The summed E-state index contributed by atoms with van der Waals surface area (Å²) in [5.41, 5.74) is 5.51. The summed E-state index contributed by atoms with van der Waals surface area (Å²) in [6, 6.07) is 14.5. The molecule has 2 rings (SSSR count). The lowest BCUT2D eigenvalue weighted by Crippen LogP contribution is -2.14. The molecule has 0 aromatic heterocycles. The lowest BCUT2D eigenvalue weighted by molar-refractivity contribution is 0.211. The Labute approximate surface area is 102 Å². The largest absolute Gasteiger partial charge is 0.490 e. The van der Waals surface area contributed by atoms with Crippen LogP contribution in [0.25, 0.3) is 10.8 Å². The Bertz CT molecular complexity index is 476. The molecule has 17 heavy (non-hydrogen) atoms. The third kappa shape index (κ3) is 2.98. The van der Waals surface area contributed by atoms with Crippen LogP contribution in [0.4, 0.5) is 0 Å². The second-order valence-electron chi connectivity index (χ2n) is 4.34. The highest BCUT2D eigenvalue weighted by Gasteiger charge is 2.06. The van der Waals surface area contributed by atoms with Crippen molar-refractivity contribution in [2.75, 3.05) is 6.54 Å². The number of benzene rings is 2. The Kier molecular flexibility index (Phi) is 3.99. The van der Waals surface area contributed by atoms with Crippen molar-refractivity contribution in [3.8, 4) is 5.75 Å². The molecule has 1 atom stereocenters. The SMILES string of the molecule is CC(CCCN)Oc1cccc2ccccc12. The minimum Gasteiger partial charge on any atom is -0.490 e. The molecular weight excluding hydrogens is 210 g/mol. The van der Waals surface area contributed by atoms with Gasteiger partial charge in [-0.3, -0.25) is 0 Å². The number of fused-ring (bicyclic) bond motifs is 1. The van der Waals surface area contributed by atoms with Gasteiger partial charge >= 0.3 is 0 Å². The first kappa shape index (κ1) is 11.9. The summed E-state index contributed by atoms with van der Waals surface area (Å²) < 4.78 is 5.97. The van der Waals surface area contributed by atoms with Gasteiger partial charge in [0.15, 0.2) is 0 Å². The van der Waals surface area contributed by atoms with E-state index in [0.29, 0.717) is 0 Å². The predicted octanol–water partition coefficient (Wildman–Crippen LogP) is 3.35. The highest BCUT2D eigenvalue weighted by atomic mass is 16.5.